The number of nitrogens with zero attached hydrogens (tertiary/aromatic N) is 4. The van der Waals surface area contributed by atoms with Crippen LogP contribution in [0, 0.1) is 11.7 Å². The fourth-order valence-electron chi connectivity index (χ4n) is 4.93. The number of carbonyl (C=O) groups is 2. The van der Waals surface area contributed by atoms with E-state index in [0.717, 1.165) is 32.5 Å². The molecule has 0 saturated carbocycles. The van der Waals surface area contributed by atoms with Crippen LogP contribution < -0.4 is 9.64 Å². The van der Waals surface area contributed by atoms with Crippen LogP contribution in [-0.2, 0) is 11.3 Å². The summed E-state index contributed by atoms with van der Waals surface area (Å²) in [5.74, 6) is 0.165. The van der Waals surface area contributed by atoms with Crippen LogP contribution in [0.5, 0.6) is 5.75 Å². The van der Waals surface area contributed by atoms with E-state index in [1.165, 1.54) is 18.3 Å². The van der Waals surface area contributed by atoms with Crippen molar-refractivity contribution in [2.75, 3.05) is 44.2 Å². The van der Waals surface area contributed by atoms with Crippen LogP contribution in [0.2, 0.25) is 5.02 Å². The van der Waals surface area contributed by atoms with Crippen LogP contribution in [0.1, 0.15) is 42.6 Å². The van der Waals surface area contributed by atoms with Gasteiger partial charge < -0.3 is 19.4 Å². The summed E-state index contributed by atoms with van der Waals surface area (Å²) >= 11 is 5.96. The molecule has 0 fully saturated rings. The largest absolute Gasteiger partial charge is 0.484 e. The summed E-state index contributed by atoms with van der Waals surface area (Å²) in [6.45, 7) is 7.82. The summed E-state index contributed by atoms with van der Waals surface area (Å²) in [5, 5.41) is 0.580. The Morgan fingerprint density at radius 1 is 1.02 bits per heavy atom. The summed E-state index contributed by atoms with van der Waals surface area (Å²) in [6.07, 6.45) is 4.68. The second-order valence-corrected chi connectivity index (χ2v) is 10.9. The smallest absolute Gasteiger partial charge is 0.260 e. The third-order valence-corrected chi connectivity index (χ3v) is 7.01. The zero-order valence-corrected chi connectivity index (χ0v) is 23.8. The van der Waals surface area contributed by atoms with E-state index < -0.39 is 5.82 Å². The van der Waals surface area contributed by atoms with Gasteiger partial charge in [0.2, 0.25) is 0 Å². The standard InChI is InChI=1S/C31H36ClFN4O3/c1-23(2)20-35-14-4-16-36(30(38)22-40-28-10-7-26(32)8-11-28)21-25-18-27(33)9-12-29(25)37(17-5-15-35)31(39)24-6-3-13-34-19-24/h3,6-13,18-19,23H,4-5,14-17,20-22H2,1-2H3. The van der Waals surface area contributed by atoms with E-state index in [-0.39, 0.29) is 25.0 Å². The zero-order chi connectivity index (χ0) is 28.5. The average Bonchev–Trinajstić information content (AvgIpc) is 2.94. The first-order valence-corrected chi connectivity index (χ1v) is 14.1. The molecule has 7 nitrogen and oxygen atoms in total. The van der Waals surface area contributed by atoms with Gasteiger partial charge in [0.25, 0.3) is 11.8 Å². The van der Waals surface area contributed by atoms with Crippen LogP contribution in [0.4, 0.5) is 10.1 Å². The molecule has 40 heavy (non-hydrogen) atoms. The van der Waals surface area contributed by atoms with E-state index in [1.54, 1.807) is 58.5 Å². The predicted molar refractivity (Wildman–Crippen MR) is 155 cm³/mol. The maximum atomic E-state index is 14.6. The van der Waals surface area contributed by atoms with E-state index in [0.29, 0.717) is 46.6 Å². The number of halogens is 2. The Bertz CT molecular complexity index is 1270. The number of amides is 2. The summed E-state index contributed by atoms with van der Waals surface area (Å²) in [5.41, 5.74) is 1.60. The first-order valence-electron chi connectivity index (χ1n) is 13.7. The van der Waals surface area contributed by atoms with Gasteiger partial charge in [-0.3, -0.25) is 14.6 Å². The van der Waals surface area contributed by atoms with Crippen LogP contribution >= 0.6 is 11.6 Å². The third kappa shape index (κ3) is 8.26. The van der Waals surface area contributed by atoms with Crippen molar-refractivity contribution in [2.24, 2.45) is 5.92 Å². The number of aromatic nitrogens is 1. The van der Waals surface area contributed by atoms with Crippen LogP contribution in [0.3, 0.4) is 0 Å². The molecule has 2 amide bonds. The summed E-state index contributed by atoms with van der Waals surface area (Å²) in [4.78, 5) is 37.0. The Hall–Kier alpha value is -3.49. The molecule has 1 aliphatic rings. The molecule has 0 N–H and O–H groups in total. The predicted octanol–water partition coefficient (Wildman–Crippen LogP) is 5.68. The Morgan fingerprint density at radius 2 is 1.77 bits per heavy atom. The minimum Gasteiger partial charge on any atom is -0.484 e. The van der Waals surface area contributed by atoms with Gasteiger partial charge in [0.1, 0.15) is 11.6 Å². The summed E-state index contributed by atoms with van der Waals surface area (Å²) in [6, 6.07) is 14.7. The number of fused-ring (bicyclic) bond motifs is 1. The second-order valence-electron chi connectivity index (χ2n) is 10.4. The lowest BCUT2D eigenvalue weighted by atomic mass is 10.1. The molecule has 0 saturated heterocycles. The van der Waals surface area contributed by atoms with Crippen molar-refractivity contribution in [2.45, 2.75) is 33.2 Å². The number of hydrogen-bond donors (Lipinski definition) is 0. The maximum Gasteiger partial charge on any atom is 0.260 e. The van der Waals surface area contributed by atoms with Gasteiger partial charge in [-0.25, -0.2) is 4.39 Å². The molecule has 0 atom stereocenters. The van der Waals surface area contributed by atoms with Crippen molar-refractivity contribution in [1.29, 1.82) is 0 Å². The Morgan fingerprint density at radius 3 is 2.48 bits per heavy atom. The number of carbonyl (C=O) groups excluding carboxylic acids is 2. The Balaban J connectivity index is 1.64. The van der Waals surface area contributed by atoms with Crippen molar-refractivity contribution in [3.05, 3.63) is 89.0 Å². The Labute approximate surface area is 240 Å². The average molecular weight is 567 g/mol. The molecule has 1 aromatic heterocycles. The van der Waals surface area contributed by atoms with Crippen LogP contribution in [0.15, 0.2) is 67.0 Å². The van der Waals surface area contributed by atoms with Crippen LogP contribution in [-0.4, -0.2) is 65.9 Å². The van der Waals surface area contributed by atoms with Gasteiger partial charge in [-0.2, -0.15) is 0 Å². The summed E-state index contributed by atoms with van der Waals surface area (Å²) in [7, 11) is 0. The summed E-state index contributed by atoms with van der Waals surface area (Å²) < 4.78 is 20.3. The van der Waals surface area contributed by atoms with Crippen molar-refractivity contribution in [1.82, 2.24) is 14.8 Å². The van der Waals surface area contributed by atoms with Crippen molar-refractivity contribution >= 4 is 29.1 Å². The molecule has 0 aliphatic carbocycles. The highest BCUT2D eigenvalue weighted by atomic mass is 35.5. The number of anilines is 1. The number of benzene rings is 2. The quantitative estimate of drug-likeness (QED) is 0.384. The number of ether oxygens (including phenoxy) is 1. The van der Waals surface area contributed by atoms with E-state index in [1.807, 2.05) is 0 Å². The SMILES string of the molecule is CC(C)CN1CCCN(C(=O)COc2ccc(Cl)cc2)Cc2cc(F)ccc2N(C(=O)c2cccnc2)CCC1. The maximum absolute atomic E-state index is 14.6. The fourth-order valence-corrected chi connectivity index (χ4v) is 5.06. The molecule has 0 bridgehead atoms. The van der Waals surface area contributed by atoms with Gasteiger partial charge >= 0.3 is 0 Å². The normalized spacial score (nSPS) is 15.2. The van der Waals surface area contributed by atoms with Gasteiger partial charge in [0.15, 0.2) is 6.61 Å². The molecule has 4 rings (SSSR count). The molecule has 1 aliphatic heterocycles. The molecular weight excluding hydrogens is 531 g/mol. The lowest BCUT2D eigenvalue weighted by Gasteiger charge is -2.32. The van der Waals surface area contributed by atoms with E-state index in [4.69, 9.17) is 16.3 Å². The monoisotopic (exact) mass is 566 g/mol. The topological polar surface area (TPSA) is 66.0 Å². The molecule has 0 spiro atoms. The number of rotatable bonds is 6. The molecule has 3 aromatic rings. The highest BCUT2D eigenvalue weighted by Gasteiger charge is 2.25. The highest BCUT2D eigenvalue weighted by molar-refractivity contribution is 6.30. The highest BCUT2D eigenvalue weighted by Crippen LogP contribution is 2.27. The van der Waals surface area contributed by atoms with E-state index >= 15 is 0 Å². The van der Waals surface area contributed by atoms with Gasteiger partial charge in [0, 0.05) is 49.3 Å². The van der Waals surface area contributed by atoms with Gasteiger partial charge in [-0.05, 0) is 92.0 Å². The lowest BCUT2D eigenvalue weighted by molar-refractivity contribution is -0.134. The minimum atomic E-state index is -0.424. The molecule has 0 radical (unpaired) electrons. The molecule has 9 heteroatoms. The number of hydrogen-bond acceptors (Lipinski definition) is 5. The van der Waals surface area contributed by atoms with Crippen molar-refractivity contribution in [3.8, 4) is 5.75 Å². The van der Waals surface area contributed by atoms with Gasteiger partial charge in [-0.15, -0.1) is 0 Å². The molecular formula is C31H36ClFN4O3. The van der Waals surface area contributed by atoms with E-state index in [2.05, 4.69) is 23.7 Å². The molecule has 0 unspecified atom stereocenters. The minimum absolute atomic E-state index is 0.150. The van der Waals surface area contributed by atoms with Crippen LogP contribution in [0.25, 0.3) is 0 Å². The number of pyridine rings is 1. The molecule has 212 valence electrons. The first-order chi connectivity index (χ1) is 19.3. The van der Waals surface area contributed by atoms with Crippen molar-refractivity contribution in [3.63, 3.8) is 0 Å². The zero-order valence-electron chi connectivity index (χ0n) is 23.1. The van der Waals surface area contributed by atoms with Gasteiger partial charge in [0.05, 0.1) is 5.56 Å². The molecule has 2 aromatic carbocycles. The first kappa shape index (κ1) is 29.5. The lowest BCUT2D eigenvalue weighted by Crippen LogP contribution is -2.40. The van der Waals surface area contributed by atoms with E-state index in [9.17, 15) is 14.0 Å². The third-order valence-electron chi connectivity index (χ3n) is 6.76. The van der Waals surface area contributed by atoms with Crippen molar-refractivity contribution < 1.29 is 18.7 Å². The van der Waals surface area contributed by atoms with Gasteiger partial charge in [-0.1, -0.05) is 25.4 Å². The fraction of sp³-hybridized carbons (Fsp3) is 0.387. The second kappa shape index (κ2) is 14.2. The molecule has 2 heterocycles. The Kier molecular flexibility index (Phi) is 10.5.